The molecule has 3 rings (SSSR count). The molecule has 0 radical (unpaired) electrons. The molecule has 1 heterocycles. The summed E-state index contributed by atoms with van der Waals surface area (Å²) in [5, 5.41) is 0. The van der Waals surface area contributed by atoms with Crippen LogP contribution in [0.1, 0.15) is 39.8 Å². The van der Waals surface area contributed by atoms with Crippen molar-refractivity contribution in [3.05, 3.63) is 51.0 Å². The molecule has 1 aliphatic rings. The lowest BCUT2D eigenvalue weighted by atomic mass is 9.98. The van der Waals surface area contributed by atoms with Crippen molar-refractivity contribution >= 4 is 11.3 Å². The van der Waals surface area contributed by atoms with Crippen LogP contribution in [-0.4, -0.2) is 7.11 Å². The second-order valence-corrected chi connectivity index (χ2v) is 6.46. The third-order valence-corrected chi connectivity index (χ3v) is 5.29. The fourth-order valence-electron chi connectivity index (χ4n) is 2.85. The summed E-state index contributed by atoms with van der Waals surface area (Å²) in [4.78, 5) is 2.50. The molecule has 5 heteroatoms. The highest BCUT2D eigenvalue weighted by atomic mass is 32.1. The first-order valence-corrected chi connectivity index (χ1v) is 7.95. The zero-order chi connectivity index (χ0) is 14.8. The second-order valence-electron chi connectivity index (χ2n) is 5.29. The summed E-state index contributed by atoms with van der Waals surface area (Å²) < 4.78 is 19.3. The number of halogens is 1. The maximum Gasteiger partial charge on any atom is 0.132 e. The number of fused-ring (bicyclic) bond motifs is 1. The maximum atomic E-state index is 14.3. The van der Waals surface area contributed by atoms with Gasteiger partial charge in [0.15, 0.2) is 0 Å². The lowest BCUT2D eigenvalue weighted by Crippen LogP contribution is -2.28. The van der Waals surface area contributed by atoms with Gasteiger partial charge >= 0.3 is 0 Å². The Kier molecular flexibility index (Phi) is 4.24. The highest BCUT2D eigenvalue weighted by Gasteiger charge is 2.22. The van der Waals surface area contributed by atoms with Gasteiger partial charge in [0.2, 0.25) is 0 Å². The van der Waals surface area contributed by atoms with Crippen LogP contribution in [0.4, 0.5) is 4.39 Å². The monoisotopic (exact) mass is 306 g/mol. The van der Waals surface area contributed by atoms with Gasteiger partial charge in [-0.05, 0) is 43.4 Å². The third-order valence-electron chi connectivity index (χ3n) is 3.99. The summed E-state index contributed by atoms with van der Waals surface area (Å²) in [7, 11) is 1.53. The molecule has 0 fully saturated rings. The molecule has 0 amide bonds. The van der Waals surface area contributed by atoms with Gasteiger partial charge < -0.3 is 4.74 Å². The molecule has 1 aromatic carbocycles. The number of nitrogens with two attached hydrogens (primary N) is 1. The Morgan fingerprint density at radius 3 is 2.76 bits per heavy atom. The minimum atomic E-state index is -0.313. The van der Waals surface area contributed by atoms with Gasteiger partial charge in [-0.1, -0.05) is 6.07 Å². The molecule has 3 N–H and O–H groups in total. The highest BCUT2D eigenvalue weighted by Crippen LogP contribution is 2.36. The highest BCUT2D eigenvalue weighted by molar-refractivity contribution is 7.12. The van der Waals surface area contributed by atoms with E-state index in [1.165, 1.54) is 36.5 Å². The van der Waals surface area contributed by atoms with E-state index in [1.54, 1.807) is 23.5 Å². The first-order chi connectivity index (χ1) is 10.2. The molecule has 112 valence electrons. The van der Waals surface area contributed by atoms with Crippen molar-refractivity contribution in [2.24, 2.45) is 5.84 Å². The summed E-state index contributed by atoms with van der Waals surface area (Å²) in [5.74, 6) is 5.90. The van der Waals surface area contributed by atoms with Gasteiger partial charge in [-0.15, -0.1) is 11.3 Å². The SMILES string of the molecule is COc1ccc(C(NN)c2cc3c(s2)CCCC3)c(F)c1. The molecule has 2 aromatic rings. The van der Waals surface area contributed by atoms with E-state index in [2.05, 4.69) is 11.5 Å². The first-order valence-electron chi connectivity index (χ1n) is 7.14. The number of ether oxygens (including phenoxy) is 1. The number of aryl methyl sites for hydroxylation is 2. The largest absolute Gasteiger partial charge is 0.497 e. The quantitative estimate of drug-likeness (QED) is 0.673. The average Bonchev–Trinajstić information content (AvgIpc) is 2.93. The summed E-state index contributed by atoms with van der Waals surface area (Å²) in [6.45, 7) is 0. The Morgan fingerprint density at radius 2 is 2.10 bits per heavy atom. The van der Waals surface area contributed by atoms with Crippen molar-refractivity contribution in [3.63, 3.8) is 0 Å². The Hall–Kier alpha value is -1.43. The number of nitrogens with one attached hydrogen (secondary N) is 1. The number of rotatable bonds is 4. The summed E-state index contributed by atoms with van der Waals surface area (Å²) >= 11 is 1.74. The Bertz CT molecular complexity index is 618. The minimum Gasteiger partial charge on any atom is -0.497 e. The van der Waals surface area contributed by atoms with Crippen molar-refractivity contribution in [3.8, 4) is 5.75 Å². The summed E-state index contributed by atoms with van der Waals surface area (Å²) in [6.07, 6.45) is 4.72. The fraction of sp³-hybridized carbons (Fsp3) is 0.375. The number of methoxy groups -OCH3 is 1. The van der Waals surface area contributed by atoms with Crippen LogP contribution in [0, 0.1) is 5.82 Å². The zero-order valence-corrected chi connectivity index (χ0v) is 12.8. The Labute approximate surface area is 127 Å². The zero-order valence-electron chi connectivity index (χ0n) is 12.0. The third kappa shape index (κ3) is 2.81. The molecule has 3 nitrogen and oxygen atoms in total. The van der Waals surface area contributed by atoms with Crippen molar-refractivity contribution in [2.75, 3.05) is 7.11 Å². The fourth-order valence-corrected chi connectivity index (χ4v) is 4.19. The molecule has 0 saturated heterocycles. The van der Waals surface area contributed by atoms with E-state index in [0.29, 0.717) is 11.3 Å². The van der Waals surface area contributed by atoms with E-state index in [9.17, 15) is 4.39 Å². The van der Waals surface area contributed by atoms with Crippen molar-refractivity contribution in [1.82, 2.24) is 5.43 Å². The van der Waals surface area contributed by atoms with E-state index >= 15 is 0 Å². The van der Waals surface area contributed by atoms with E-state index in [4.69, 9.17) is 10.6 Å². The van der Waals surface area contributed by atoms with Crippen LogP contribution in [0.15, 0.2) is 24.3 Å². The predicted molar refractivity (Wildman–Crippen MR) is 83.1 cm³/mol. The molecular weight excluding hydrogens is 287 g/mol. The number of hydrogen-bond donors (Lipinski definition) is 2. The maximum absolute atomic E-state index is 14.3. The van der Waals surface area contributed by atoms with Gasteiger partial charge in [0.05, 0.1) is 13.2 Å². The normalized spacial score (nSPS) is 15.6. The van der Waals surface area contributed by atoms with Crippen LogP contribution >= 0.6 is 11.3 Å². The van der Waals surface area contributed by atoms with E-state index in [1.807, 2.05) is 0 Å². The van der Waals surface area contributed by atoms with Crippen LogP contribution in [0.3, 0.4) is 0 Å². The van der Waals surface area contributed by atoms with Crippen molar-refractivity contribution in [1.29, 1.82) is 0 Å². The number of hydrazine groups is 1. The van der Waals surface area contributed by atoms with Crippen LogP contribution in [0.5, 0.6) is 5.75 Å². The van der Waals surface area contributed by atoms with Gasteiger partial charge in [-0.2, -0.15) is 0 Å². The van der Waals surface area contributed by atoms with Crippen LogP contribution in [0.25, 0.3) is 0 Å². The lowest BCUT2D eigenvalue weighted by Gasteiger charge is -2.16. The Morgan fingerprint density at radius 1 is 1.29 bits per heavy atom. The summed E-state index contributed by atoms with van der Waals surface area (Å²) in [5.41, 5.74) is 4.70. The molecule has 1 unspecified atom stereocenters. The number of thiophene rings is 1. The molecule has 1 aliphatic carbocycles. The van der Waals surface area contributed by atoms with Crippen LogP contribution in [-0.2, 0) is 12.8 Å². The van der Waals surface area contributed by atoms with Gasteiger partial charge in [0, 0.05) is 21.4 Å². The van der Waals surface area contributed by atoms with E-state index < -0.39 is 0 Å². The van der Waals surface area contributed by atoms with Crippen molar-refractivity contribution < 1.29 is 9.13 Å². The van der Waals surface area contributed by atoms with Gasteiger partial charge in [-0.3, -0.25) is 5.84 Å². The van der Waals surface area contributed by atoms with Crippen molar-refractivity contribution in [2.45, 2.75) is 31.7 Å². The smallest absolute Gasteiger partial charge is 0.132 e. The lowest BCUT2D eigenvalue weighted by molar-refractivity contribution is 0.410. The first kappa shape index (κ1) is 14.5. The molecule has 0 aliphatic heterocycles. The molecule has 0 bridgehead atoms. The molecule has 1 atom stereocenters. The summed E-state index contributed by atoms with van der Waals surface area (Å²) in [6, 6.07) is 6.75. The standard InChI is InChI=1S/C16H19FN2OS/c1-20-11-6-7-12(13(17)9-11)16(19-18)15-8-10-4-2-3-5-14(10)21-15/h6-9,16,19H,2-5,18H2,1H3. The topological polar surface area (TPSA) is 47.3 Å². The predicted octanol–water partition coefficient (Wildman–Crippen LogP) is 3.33. The number of hydrogen-bond acceptors (Lipinski definition) is 4. The number of benzene rings is 1. The molecule has 0 spiro atoms. The van der Waals surface area contributed by atoms with Gasteiger partial charge in [0.25, 0.3) is 0 Å². The molecular formula is C16H19FN2OS. The second kappa shape index (κ2) is 6.13. The Balaban J connectivity index is 1.96. The van der Waals surface area contributed by atoms with E-state index in [0.717, 1.165) is 17.7 Å². The molecule has 1 aromatic heterocycles. The van der Waals surface area contributed by atoms with Crippen LogP contribution in [0.2, 0.25) is 0 Å². The van der Waals surface area contributed by atoms with Gasteiger partial charge in [-0.25, -0.2) is 9.82 Å². The molecule has 0 saturated carbocycles. The van der Waals surface area contributed by atoms with E-state index in [-0.39, 0.29) is 11.9 Å². The molecule has 21 heavy (non-hydrogen) atoms. The minimum absolute atomic E-state index is 0.302. The van der Waals surface area contributed by atoms with Crippen LogP contribution < -0.4 is 16.0 Å². The average molecular weight is 306 g/mol. The van der Waals surface area contributed by atoms with Gasteiger partial charge in [0.1, 0.15) is 11.6 Å².